The average molecular weight is 279 g/mol. The lowest BCUT2D eigenvalue weighted by Gasteiger charge is -2.36. The molecule has 1 rings (SSSR count). The van der Waals surface area contributed by atoms with Gasteiger partial charge in [-0.3, -0.25) is 4.79 Å². The lowest BCUT2D eigenvalue weighted by atomic mass is 9.74. The highest BCUT2D eigenvalue weighted by Crippen LogP contribution is 2.37. The molecule has 0 heterocycles. The molecule has 1 saturated carbocycles. The third-order valence-electron chi connectivity index (χ3n) is 4.02. The van der Waals surface area contributed by atoms with E-state index in [9.17, 15) is 10.1 Å². The van der Waals surface area contributed by atoms with Crippen molar-refractivity contribution in [2.75, 3.05) is 33.7 Å². The third-order valence-corrected chi connectivity index (χ3v) is 4.02. The molecule has 1 fully saturated rings. The van der Waals surface area contributed by atoms with E-state index in [1.54, 1.807) is 0 Å². The Morgan fingerprint density at radius 2 is 1.80 bits per heavy atom. The quantitative estimate of drug-likeness (QED) is 0.750. The van der Waals surface area contributed by atoms with Gasteiger partial charge in [0.1, 0.15) is 5.41 Å². The lowest BCUT2D eigenvalue weighted by molar-refractivity contribution is -0.141. The predicted octanol–water partition coefficient (Wildman–Crippen LogP) is 2.51. The molecule has 1 aliphatic rings. The maximum absolute atomic E-state index is 12.9. The number of carbonyl (C=O) groups is 1. The van der Waals surface area contributed by atoms with Crippen LogP contribution in [0.2, 0.25) is 0 Å². The Morgan fingerprint density at radius 1 is 1.20 bits per heavy atom. The Hall–Kier alpha value is -1.08. The summed E-state index contributed by atoms with van der Waals surface area (Å²) in [4.78, 5) is 16.9. The van der Waals surface area contributed by atoms with E-state index in [1.165, 1.54) is 0 Å². The first-order valence-electron chi connectivity index (χ1n) is 7.76. The molecule has 0 aromatic rings. The number of hydrogen-bond donors (Lipinski definition) is 0. The minimum atomic E-state index is -0.751. The van der Waals surface area contributed by atoms with E-state index < -0.39 is 5.41 Å². The number of hydrogen-bond acceptors (Lipinski definition) is 3. The maximum atomic E-state index is 12.9. The van der Waals surface area contributed by atoms with Gasteiger partial charge in [-0.25, -0.2) is 0 Å². The zero-order valence-electron chi connectivity index (χ0n) is 13.5. The van der Waals surface area contributed by atoms with Gasteiger partial charge in [0.15, 0.2) is 0 Å². The average Bonchev–Trinajstić information content (AvgIpc) is 2.42. The van der Waals surface area contributed by atoms with Crippen LogP contribution in [0.15, 0.2) is 0 Å². The van der Waals surface area contributed by atoms with Crippen LogP contribution in [0.3, 0.4) is 0 Å². The molecule has 0 radical (unpaired) electrons. The molecule has 0 aromatic heterocycles. The molecule has 4 heteroatoms. The Bertz CT molecular complexity index is 351. The van der Waals surface area contributed by atoms with Gasteiger partial charge in [-0.2, -0.15) is 5.26 Å². The van der Waals surface area contributed by atoms with Gasteiger partial charge in [0.2, 0.25) is 5.91 Å². The summed E-state index contributed by atoms with van der Waals surface area (Å²) < 4.78 is 0. The van der Waals surface area contributed by atoms with E-state index in [-0.39, 0.29) is 5.91 Å². The molecule has 0 atom stereocenters. The Balaban J connectivity index is 2.81. The number of rotatable bonds is 6. The summed E-state index contributed by atoms with van der Waals surface area (Å²) in [6, 6.07) is 2.35. The molecule has 0 unspecified atom stereocenters. The Morgan fingerprint density at radius 3 is 2.25 bits per heavy atom. The van der Waals surface area contributed by atoms with Crippen molar-refractivity contribution in [2.24, 2.45) is 11.3 Å². The van der Waals surface area contributed by atoms with Gasteiger partial charge in [-0.15, -0.1) is 0 Å². The summed E-state index contributed by atoms with van der Waals surface area (Å²) in [6.45, 7) is 6.55. The highest BCUT2D eigenvalue weighted by Gasteiger charge is 2.42. The van der Waals surface area contributed by atoms with E-state index in [0.29, 0.717) is 12.5 Å². The summed E-state index contributed by atoms with van der Waals surface area (Å²) in [7, 11) is 4.03. The first kappa shape index (κ1) is 17.0. The van der Waals surface area contributed by atoms with E-state index >= 15 is 0 Å². The number of nitrogens with zero attached hydrogens (tertiary/aromatic N) is 3. The number of carbonyl (C=O) groups excluding carboxylic acids is 1. The van der Waals surface area contributed by atoms with Gasteiger partial charge in [0.05, 0.1) is 6.07 Å². The van der Waals surface area contributed by atoms with Gasteiger partial charge in [-0.1, -0.05) is 33.1 Å². The highest BCUT2D eigenvalue weighted by atomic mass is 16.2. The fraction of sp³-hybridized carbons (Fsp3) is 0.875. The van der Waals surface area contributed by atoms with Crippen molar-refractivity contribution in [3.63, 3.8) is 0 Å². The van der Waals surface area contributed by atoms with Crippen LogP contribution >= 0.6 is 0 Å². The summed E-state index contributed by atoms with van der Waals surface area (Å²) in [5, 5.41) is 9.56. The van der Waals surface area contributed by atoms with Crippen LogP contribution in [0.4, 0.5) is 0 Å². The summed E-state index contributed by atoms with van der Waals surface area (Å²) in [6.07, 6.45) is 4.63. The molecule has 114 valence electrons. The van der Waals surface area contributed by atoms with Gasteiger partial charge in [0.25, 0.3) is 0 Å². The van der Waals surface area contributed by atoms with Crippen molar-refractivity contribution < 1.29 is 4.79 Å². The van der Waals surface area contributed by atoms with Crippen molar-refractivity contribution >= 4 is 5.91 Å². The monoisotopic (exact) mass is 279 g/mol. The van der Waals surface area contributed by atoms with Crippen molar-refractivity contribution in [2.45, 2.75) is 46.0 Å². The molecule has 0 bridgehead atoms. The topological polar surface area (TPSA) is 47.3 Å². The highest BCUT2D eigenvalue weighted by molar-refractivity contribution is 5.85. The molecule has 0 N–H and O–H groups in total. The van der Waals surface area contributed by atoms with E-state index in [2.05, 4.69) is 24.8 Å². The second-order valence-electron chi connectivity index (χ2n) is 6.70. The zero-order chi connectivity index (χ0) is 15.2. The molecule has 0 spiro atoms. The van der Waals surface area contributed by atoms with Crippen LogP contribution in [-0.2, 0) is 4.79 Å². The van der Waals surface area contributed by atoms with Gasteiger partial charge >= 0.3 is 0 Å². The molecule has 1 amide bonds. The summed E-state index contributed by atoms with van der Waals surface area (Å²) in [5.41, 5.74) is -0.751. The SMILES string of the molecule is CC(C)CN(CCN(C)C)C(=O)C1(C#N)CCCCC1. The Labute approximate surface area is 123 Å². The molecule has 0 saturated heterocycles. The van der Waals surface area contributed by atoms with Crippen LogP contribution in [-0.4, -0.2) is 49.4 Å². The first-order chi connectivity index (χ1) is 9.41. The second-order valence-corrected chi connectivity index (χ2v) is 6.70. The number of likely N-dealkylation sites (N-methyl/N-ethyl adjacent to an activating group) is 1. The van der Waals surface area contributed by atoms with Crippen LogP contribution in [0.5, 0.6) is 0 Å². The normalized spacial score (nSPS) is 18.1. The minimum absolute atomic E-state index is 0.0650. The maximum Gasteiger partial charge on any atom is 0.243 e. The van der Waals surface area contributed by atoms with Crippen molar-refractivity contribution in [1.29, 1.82) is 5.26 Å². The van der Waals surface area contributed by atoms with Crippen LogP contribution < -0.4 is 0 Å². The predicted molar refractivity (Wildman–Crippen MR) is 81.1 cm³/mol. The molecular weight excluding hydrogens is 250 g/mol. The van der Waals surface area contributed by atoms with Gasteiger partial charge in [0, 0.05) is 19.6 Å². The van der Waals surface area contributed by atoms with Crippen molar-refractivity contribution in [3.8, 4) is 6.07 Å². The van der Waals surface area contributed by atoms with Crippen LogP contribution in [0.1, 0.15) is 46.0 Å². The van der Waals surface area contributed by atoms with E-state index in [4.69, 9.17) is 0 Å². The lowest BCUT2D eigenvalue weighted by Crippen LogP contribution is -2.47. The van der Waals surface area contributed by atoms with Crippen molar-refractivity contribution in [1.82, 2.24) is 9.80 Å². The zero-order valence-corrected chi connectivity index (χ0v) is 13.5. The third kappa shape index (κ3) is 4.49. The molecular formula is C16H29N3O. The smallest absolute Gasteiger partial charge is 0.243 e. The number of amides is 1. The van der Waals surface area contributed by atoms with Gasteiger partial charge in [-0.05, 0) is 32.9 Å². The summed E-state index contributed by atoms with van der Waals surface area (Å²) >= 11 is 0. The standard InChI is InChI=1S/C16H29N3O/c1-14(2)12-19(11-10-18(3)4)15(20)16(13-17)8-6-5-7-9-16/h14H,5-12H2,1-4H3. The molecule has 4 nitrogen and oxygen atoms in total. The second kappa shape index (κ2) is 7.64. The van der Waals surface area contributed by atoms with Crippen molar-refractivity contribution in [3.05, 3.63) is 0 Å². The molecule has 0 aliphatic heterocycles. The van der Waals surface area contributed by atoms with E-state index in [0.717, 1.165) is 45.2 Å². The van der Waals surface area contributed by atoms with Gasteiger partial charge < -0.3 is 9.80 Å². The van der Waals surface area contributed by atoms with E-state index in [1.807, 2.05) is 19.0 Å². The van der Waals surface area contributed by atoms with Crippen LogP contribution in [0, 0.1) is 22.7 Å². The molecule has 20 heavy (non-hydrogen) atoms. The Kier molecular flexibility index (Phi) is 6.48. The first-order valence-corrected chi connectivity index (χ1v) is 7.76. The van der Waals surface area contributed by atoms with Crippen LogP contribution in [0.25, 0.3) is 0 Å². The fourth-order valence-electron chi connectivity index (χ4n) is 2.87. The summed E-state index contributed by atoms with van der Waals surface area (Å²) in [5.74, 6) is 0.496. The largest absolute Gasteiger partial charge is 0.340 e. The molecule has 1 aliphatic carbocycles. The number of nitriles is 1. The molecule has 0 aromatic carbocycles. The fourth-order valence-corrected chi connectivity index (χ4v) is 2.87. The minimum Gasteiger partial charge on any atom is -0.340 e.